The predicted octanol–water partition coefficient (Wildman–Crippen LogP) is 2.82. The van der Waals surface area contributed by atoms with E-state index in [0.717, 1.165) is 24.8 Å². The van der Waals surface area contributed by atoms with Crippen LogP contribution in [0.3, 0.4) is 0 Å². The molecule has 3 nitrogen and oxygen atoms in total. The molecule has 1 aromatic carbocycles. The van der Waals surface area contributed by atoms with Crippen molar-refractivity contribution in [3.05, 3.63) is 29.8 Å². The van der Waals surface area contributed by atoms with Crippen LogP contribution in [0.4, 0.5) is 8.78 Å². The molecule has 0 radical (unpaired) electrons. The Bertz CT molecular complexity index is 414. The number of rotatable bonds is 5. The molecule has 0 spiro atoms. The first-order chi connectivity index (χ1) is 9.04. The maximum Gasteiger partial charge on any atom is 0.387 e. The van der Waals surface area contributed by atoms with Gasteiger partial charge in [-0.3, -0.25) is 0 Å². The number of alkyl halides is 2. The zero-order valence-electron chi connectivity index (χ0n) is 11.0. The van der Waals surface area contributed by atoms with Gasteiger partial charge in [0.2, 0.25) is 0 Å². The lowest BCUT2D eigenvalue weighted by atomic mass is 10.1. The van der Waals surface area contributed by atoms with Gasteiger partial charge in [-0.05, 0) is 43.9 Å². The molecule has 3 unspecified atom stereocenters. The number of ether oxygens (including phenoxy) is 1. The molecule has 106 valence electrons. The normalized spacial score (nSPS) is 24.7. The summed E-state index contributed by atoms with van der Waals surface area (Å²) < 4.78 is 28.8. The Morgan fingerprint density at radius 2 is 2.16 bits per heavy atom. The number of nitrogens with two attached hydrogens (primary N) is 1. The Hall–Kier alpha value is -1.20. The molecule has 1 aliphatic rings. The molecule has 3 N–H and O–H groups in total. The van der Waals surface area contributed by atoms with E-state index in [1.807, 2.05) is 13.0 Å². The van der Waals surface area contributed by atoms with Crippen LogP contribution in [0.1, 0.15) is 37.8 Å². The second kappa shape index (κ2) is 6.30. The molecule has 1 fully saturated rings. The number of halogens is 2. The van der Waals surface area contributed by atoms with E-state index in [2.05, 4.69) is 10.1 Å². The van der Waals surface area contributed by atoms with Crippen molar-refractivity contribution in [3.8, 4) is 5.75 Å². The maximum absolute atomic E-state index is 12.2. The first-order valence-corrected chi connectivity index (χ1v) is 6.61. The number of hydrogen-bond donors (Lipinski definition) is 2. The summed E-state index contributed by atoms with van der Waals surface area (Å²) in [6.07, 6.45) is 3.08. The Labute approximate surface area is 112 Å². The average molecular weight is 270 g/mol. The largest absolute Gasteiger partial charge is 0.435 e. The van der Waals surface area contributed by atoms with E-state index < -0.39 is 6.61 Å². The highest BCUT2D eigenvalue weighted by atomic mass is 19.3. The van der Waals surface area contributed by atoms with Crippen LogP contribution in [0.25, 0.3) is 0 Å². The molecule has 1 saturated carbocycles. The molecular formula is C14H20F2N2O. The van der Waals surface area contributed by atoms with Crippen molar-refractivity contribution in [1.29, 1.82) is 0 Å². The van der Waals surface area contributed by atoms with E-state index in [1.54, 1.807) is 12.1 Å². The van der Waals surface area contributed by atoms with Crippen LogP contribution in [0, 0.1) is 0 Å². The minimum Gasteiger partial charge on any atom is -0.435 e. The Kier molecular flexibility index (Phi) is 4.71. The van der Waals surface area contributed by atoms with Crippen molar-refractivity contribution in [1.82, 2.24) is 5.32 Å². The van der Waals surface area contributed by atoms with Gasteiger partial charge in [0.25, 0.3) is 0 Å². The summed E-state index contributed by atoms with van der Waals surface area (Å²) in [6, 6.07) is 7.60. The van der Waals surface area contributed by atoms with Gasteiger partial charge < -0.3 is 15.8 Å². The summed E-state index contributed by atoms with van der Waals surface area (Å²) >= 11 is 0. The average Bonchev–Trinajstić information content (AvgIpc) is 2.74. The van der Waals surface area contributed by atoms with Crippen LogP contribution in [0.15, 0.2) is 24.3 Å². The molecule has 2 rings (SSSR count). The van der Waals surface area contributed by atoms with Gasteiger partial charge in [0.05, 0.1) is 0 Å². The van der Waals surface area contributed by atoms with Gasteiger partial charge in [0.15, 0.2) is 0 Å². The van der Waals surface area contributed by atoms with Gasteiger partial charge in [-0.2, -0.15) is 8.78 Å². The zero-order valence-corrected chi connectivity index (χ0v) is 11.0. The molecule has 0 aliphatic heterocycles. The summed E-state index contributed by atoms with van der Waals surface area (Å²) in [5.74, 6) is 0.198. The van der Waals surface area contributed by atoms with Gasteiger partial charge >= 0.3 is 6.61 Å². The van der Waals surface area contributed by atoms with Gasteiger partial charge in [-0.1, -0.05) is 12.1 Å². The standard InChI is InChI=1S/C14H20F2N2O/c1-9(18-12-6-5-11(17)8-12)10-3-2-4-13(7-10)19-14(15)16/h2-4,7,9,11-12,14,18H,5-6,8,17H2,1H3. The molecule has 5 heteroatoms. The Balaban J connectivity index is 1.96. The first-order valence-electron chi connectivity index (χ1n) is 6.61. The van der Waals surface area contributed by atoms with Crippen molar-refractivity contribution < 1.29 is 13.5 Å². The van der Waals surface area contributed by atoms with Crippen molar-refractivity contribution >= 4 is 0 Å². The molecule has 0 saturated heterocycles. The molecule has 0 amide bonds. The lowest BCUT2D eigenvalue weighted by Gasteiger charge is -2.20. The number of hydrogen-bond acceptors (Lipinski definition) is 3. The van der Waals surface area contributed by atoms with E-state index in [-0.39, 0.29) is 17.8 Å². The fraction of sp³-hybridized carbons (Fsp3) is 0.571. The highest BCUT2D eigenvalue weighted by Crippen LogP contribution is 2.24. The van der Waals surface area contributed by atoms with Crippen LogP contribution in [-0.2, 0) is 0 Å². The predicted molar refractivity (Wildman–Crippen MR) is 70.2 cm³/mol. The van der Waals surface area contributed by atoms with E-state index in [9.17, 15) is 8.78 Å². The number of nitrogens with one attached hydrogen (secondary N) is 1. The van der Waals surface area contributed by atoms with Gasteiger partial charge in [0.1, 0.15) is 5.75 Å². The summed E-state index contributed by atoms with van der Waals surface area (Å²) in [7, 11) is 0. The van der Waals surface area contributed by atoms with Crippen molar-refractivity contribution in [2.75, 3.05) is 0 Å². The summed E-state index contributed by atoms with van der Waals surface area (Å²) in [6.45, 7) is -0.767. The van der Waals surface area contributed by atoms with Crippen LogP contribution in [-0.4, -0.2) is 18.7 Å². The Morgan fingerprint density at radius 1 is 1.37 bits per heavy atom. The fourth-order valence-electron chi connectivity index (χ4n) is 2.58. The summed E-state index contributed by atoms with van der Waals surface area (Å²) in [5.41, 5.74) is 6.82. The number of benzene rings is 1. The van der Waals surface area contributed by atoms with Crippen LogP contribution < -0.4 is 15.8 Å². The van der Waals surface area contributed by atoms with E-state index in [1.165, 1.54) is 6.07 Å². The van der Waals surface area contributed by atoms with Crippen LogP contribution in [0.2, 0.25) is 0 Å². The van der Waals surface area contributed by atoms with Crippen molar-refractivity contribution in [2.45, 2.75) is 50.9 Å². The molecule has 0 bridgehead atoms. The van der Waals surface area contributed by atoms with Crippen LogP contribution >= 0.6 is 0 Å². The smallest absolute Gasteiger partial charge is 0.387 e. The summed E-state index contributed by atoms with van der Waals surface area (Å²) in [4.78, 5) is 0. The third kappa shape index (κ3) is 4.14. The van der Waals surface area contributed by atoms with E-state index >= 15 is 0 Å². The molecule has 0 aromatic heterocycles. The first kappa shape index (κ1) is 14.2. The highest BCUT2D eigenvalue weighted by molar-refractivity contribution is 5.30. The second-order valence-electron chi connectivity index (χ2n) is 5.11. The molecule has 19 heavy (non-hydrogen) atoms. The third-order valence-corrected chi connectivity index (χ3v) is 3.54. The fourth-order valence-corrected chi connectivity index (χ4v) is 2.58. The van der Waals surface area contributed by atoms with Crippen molar-refractivity contribution in [3.63, 3.8) is 0 Å². The van der Waals surface area contributed by atoms with Gasteiger partial charge in [0, 0.05) is 18.1 Å². The quantitative estimate of drug-likeness (QED) is 0.865. The van der Waals surface area contributed by atoms with Gasteiger partial charge in [-0.25, -0.2) is 0 Å². The van der Waals surface area contributed by atoms with Gasteiger partial charge in [-0.15, -0.1) is 0 Å². The lowest BCUT2D eigenvalue weighted by molar-refractivity contribution is -0.0499. The summed E-state index contributed by atoms with van der Waals surface area (Å²) in [5, 5.41) is 3.48. The maximum atomic E-state index is 12.2. The van der Waals surface area contributed by atoms with E-state index in [4.69, 9.17) is 5.73 Å². The highest BCUT2D eigenvalue weighted by Gasteiger charge is 2.23. The van der Waals surface area contributed by atoms with Crippen LogP contribution in [0.5, 0.6) is 5.75 Å². The molecule has 1 aromatic rings. The van der Waals surface area contributed by atoms with Crippen molar-refractivity contribution in [2.24, 2.45) is 5.73 Å². The molecule has 0 heterocycles. The monoisotopic (exact) mass is 270 g/mol. The zero-order chi connectivity index (χ0) is 13.8. The topological polar surface area (TPSA) is 47.3 Å². The SMILES string of the molecule is CC(NC1CCC(N)C1)c1cccc(OC(F)F)c1. The third-order valence-electron chi connectivity index (χ3n) is 3.54. The minimum atomic E-state index is -2.79. The Morgan fingerprint density at radius 3 is 2.79 bits per heavy atom. The molecule has 1 aliphatic carbocycles. The second-order valence-corrected chi connectivity index (χ2v) is 5.11. The van der Waals surface area contributed by atoms with E-state index in [0.29, 0.717) is 6.04 Å². The molecule has 3 atom stereocenters. The molecular weight excluding hydrogens is 250 g/mol. The lowest BCUT2D eigenvalue weighted by Crippen LogP contribution is -2.30. The minimum absolute atomic E-state index is 0.0940.